The molecule has 0 aliphatic rings. The maximum Gasteiger partial charge on any atom is 0.490 e. The second-order valence-electron chi connectivity index (χ2n) is 5.22. The van der Waals surface area contributed by atoms with Crippen molar-refractivity contribution in [2.45, 2.75) is 13.1 Å². The van der Waals surface area contributed by atoms with Gasteiger partial charge in [0, 0.05) is 30.6 Å². The van der Waals surface area contributed by atoms with Crippen molar-refractivity contribution in [1.29, 1.82) is 0 Å². The molecule has 0 fully saturated rings. The van der Waals surface area contributed by atoms with Crippen LogP contribution in [0, 0.1) is 0 Å². The number of alkyl halides is 3. The number of nitrogens with zero attached hydrogens (tertiary/aromatic N) is 3. The molecule has 0 bridgehead atoms. The lowest BCUT2D eigenvalue weighted by Gasteiger charge is -2.01. The first-order valence-corrected chi connectivity index (χ1v) is 7.59. The molecular formula is C17H13F3N4O4. The van der Waals surface area contributed by atoms with Gasteiger partial charge in [-0.2, -0.15) is 13.2 Å². The van der Waals surface area contributed by atoms with Crippen LogP contribution in [0.4, 0.5) is 18.9 Å². The number of hydrogen-bond acceptors (Lipinski definition) is 6. The number of pyridine rings is 1. The van der Waals surface area contributed by atoms with Crippen LogP contribution in [0.2, 0.25) is 0 Å². The molecule has 0 unspecified atom stereocenters. The Morgan fingerprint density at radius 2 is 1.61 bits per heavy atom. The molecule has 146 valence electrons. The molecule has 2 aromatic heterocycles. The Morgan fingerprint density at radius 1 is 1.04 bits per heavy atom. The minimum absolute atomic E-state index is 0.112. The van der Waals surface area contributed by atoms with E-state index < -0.39 is 12.1 Å². The molecule has 8 nitrogen and oxygen atoms in total. The molecule has 1 amide bonds. The molecule has 0 saturated heterocycles. The number of benzene rings is 1. The molecule has 2 N–H and O–H groups in total. The van der Waals surface area contributed by atoms with Gasteiger partial charge >= 0.3 is 12.1 Å². The Morgan fingerprint density at radius 3 is 2.07 bits per heavy atom. The van der Waals surface area contributed by atoms with Gasteiger partial charge in [0.2, 0.25) is 17.7 Å². The fourth-order valence-corrected chi connectivity index (χ4v) is 1.85. The Labute approximate surface area is 156 Å². The third-order valence-electron chi connectivity index (χ3n) is 3.03. The van der Waals surface area contributed by atoms with E-state index in [9.17, 15) is 18.0 Å². The standard InChI is InChI=1S/C15H12N4O2.C2HF3O2/c1-10(20)17-13-6-4-11(5-7-13)14-18-19-15(21-14)12-3-2-8-16-9-12;3-2(4,5)1(6)7/h2-9H,1H3,(H,17,20);(H,6,7). The van der Waals surface area contributed by atoms with Crippen molar-refractivity contribution in [1.82, 2.24) is 15.2 Å². The number of hydrogen-bond donors (Lipinski definition) is 2. The Bertz CT molecular complexity index is 941. The number of rotatable bonds is 3. The van der Waals surface area contributed by atoms with Crippen molar-refractivity contribution in [2.24, 2.45) is 0 Å². The summed E-state index contributed by atoms with van der Waals surface area (Å²) in [7, 11) is 0. The zero-order valence-electron chi connectivity index (χ0n) is 14.3. The first kappa shape index (κ1) is 20.6. The van der Waals surface area contributed by atoms with Crippen molar-refractivity contribution in [2.75, 3.05) is 5.32 Å². The van der Waals surface area contributed by atoms with Crippen molar-refractivity contribution >= 4 is 17.6 Å². The largest absolute Gasteiger partial charge is 0.490 e. The number of carbonyl (C=O) groups is 2. The first-order valence-electron chi connectivity index (χ1n) is 7.59. The Kier molecular flexibility index (Phi) is 6.42. The van der Waals surface area contributed by atoms with Gasteiger partial charge in [0.05, 0.1) is 5.56 Å². The van der Waals surface area contributed by atoms with E-state index in [0.717, 1.165) is 16.8 Å². The Hall–Kier alpha value is -3.76. The maximum absolute atomic E-state index is 11.0. The van der Waals surface area contributed by atoms with Gasteiger partial charge in [0.1, 0.15) is 0 Å². The predicted molar refractivity (Wildman–Crippen MR) is 91.0 cm³/mol. The number of amides is 1. The number of aromatic nitrogens is 3. The molecule has 3 aromatic rings. The van der Waals surface area contributed by atoms with Crippen molar-refractivity contribution in [3.05, 3.63) is 48.8 Å². The number of nitrogens with one attached hydrogen (secondary N) is 1. The van der Waals surface area contributed by atoms with E-state index in [1.807, 2.05) is 18.2 Å². The van der Waals surface area contributed by atoms with Gasteiger partial charge in [0.25, 0.3) is 0 Å². The smallest absolute Gasteiger partial charge is 0.475 e. The van der Waals surface area contributed by atoms with E-state index in [-0.39, 0.29) is 5.91 Å². The van der Waals surface area contributed by atoms with E-state index in [2.05, 4.69) is 20.5 Å². The summed E-state index contributed by atoms with van der Waals surface area (Å²) in [6.45, 7) is 1.46. The van der Waals surface area contributed by atoms with E-state index in [4.69, 9.17) is 14.3 Å². The number of halogens is 3. The second-order valence-corrected chi connectivity index (χ2v) is 5.22. The van der Waals surface area contributed by atoms with E-state index in [1.54, 1.807) is 30.6 Å². The predicted octanol–water partition coefficient (Wildman–Crippen LogP) is 3.39. The van der Waals surface area contributed by atoms with Crippen LogP contribution in [0.3, 0.4) is 0 Å². The highest BCUT2D eigenvalue weighted by molar-refractivity contribution is 5.88. The zero-order chi connectivity index (χ0) is 20.7. The number of carbonyl (C=O) groups excluding carboxylic acids is 1. The van der Waals surface area contributed by atoms with Gasteiger partial charge in [-0.3, -0.25) is 9.78 Å². The normalized spacial score (nSPS) is 10.6. The van der Waals surface area contributed by atoms with Gasteiger partial charge in [-0.1, -0.05) is 0 Å². The summed E-state index contributed by atoms with van der Waals surface area (Å²) < 4.78 is 37.4. The molecule has 0 aliphatic heterocycles. The minimum atomic E-state index is -5.08. The Balaban J connectivity index is 0.000000345. The summed E-state index contributed by atoms with van der Waals surface area (Å²) in [5.41, 5.74) is 2.27. The van der Waals surface area contributed by atoms with Crippen LogP contribution in [0.1, 0.15) is 6.92 Å². The second kappa shape index (κ2) is 8.75. The number of carboxylic acid groups (broad SMARTS) is 1. The van der Waals surface area contributed by atoms with Crippen LogP contribution in [0.25, 0.3) is 22.9 Å². The molecule has 0 saturated carbocycles. The molecular weight excluding hydrogens is 381 g/mol. The van der Waals surface area contributed by atoms with Gasteiger partial charge in [-0.05, 0) is 36.4 Å². The first-order chi connectivity index (χ1) is 13.2. The quantitative estimate of drug-likeness (QED) is 0.699. The fourth-order valence-electron chi connectivity index (χ4n) is 1.85. The van der Waals surface area contributed by atoms with Crippen LogP contribution < -0.4 is 5.32 Å². The molecule has 0 aliphatic carbocycles. The lowest BCUT2D eigenvalue weighted by Crippen LogP contribution is -2.21. The van der Waals surface area contributed by atoms with Crippen molar-refractivity contribution < 1.29 is 32.3 Å². The summed E-state index contributed by atoms with van der Waals surface area (Å²) in [5.74, 6) is -2.03. The third-order valence-corrected chi connectivity index (χ3v) is 3.03. The summed E-state index contributed by atoms with van der Waals surface area (Å²) in [6.07, 6.45) is -1.74. The van der Waals surface area contributed by atoms with E-state index >= 15 is 0 Å². The van der Waals surface area contributed by atoms with Crippen LogP contribution in [0.5, 0.6) is 0 Å². The van der Waals surface area contributed by atoms with Crippen LogP contribution >= 0.6 is 0 Å². The monoisotopic (exact) mass is 394 g/mol. The average molecular weight is 394 g/mol. The number of aliphatic carboxylic acids is 1. The molecule has 2 heterocycles. The average Bonchev–Trinajstić information content (AvgIpc) is 3.12. The SMILES string of the molecule is CC(=O)Nc1ccc(-c2nnc(-c3cccnc3)o2)cc1.O=C(O)C(F)(F)F. The van der Waals surface area contributed by atoms with Crippen LogP contribution in [0.15, 0.2) is 53.2 Å². The molecule has 28 heavy (non-hydrogen) atoms. The molecule has 0 spiro atoms. The number of anilines is 1. The molecule has 3 rings (SSSR count). The van der Waals surface area contributed by atoms with Crippen molar-refractivity contribution in [3.8, 4) is 22.9 Å². The lowest BCUT2D eigenvalue weighted by molar-refractivity contribution is -0.192. The lowest BCUT2D eigenvalue weighted by atomic mass is 10.2. The highest BCUT2D eigenvalue weighted by atomic mass is 19.4. The molecule has 11 heteroatoms. The van der Waals surface area contributed by atoms with E-state index in [0.29, 0.717) is 11.8 Å². The minimum Gasteiger partial charge on any atom is -0.475 e. The van der Waals surface area contributed by atoms with Gasteiger partial charge in [0.15, 0.2) is 0 Å². The summed E-state index contributed by atoms with van der Waals surface area (Å²) in [5, 5.41) is 17.9. The number of carboxylic acids is 1. The highest BCUT2D eigenvalue weighted by Crippen LogP contribution is 2.24. The van der Waals surface area contributed by atoms with Gasteiger partial charge in [-0.25, -0.2) is 4.79 Å². The highest BCUT2D eigenvalue weighted by Gasteiger charge is 2.38. The van der Waals surface area contributed by atoms with Gasteiger partial charge in [-0.15, -0.1) is 10.2 Å². The summed E-state index contributed by atoms with van der Waals surface area (Å²) in [4.78, 5) is 23.9. The fraction of sp³-hybridized carbons (Fsp3) is 0.118. The maximum atomic E-state index is 11.0. The summed E-state index contributed by atoms with van der Waals surface area (Å²) >= 11 is 0. The molecule has 0 atom stereocenters. The van der Waals surface area contributed by atoms with Crippen molar-refractivity contribution in [3.63, 3.8) is 0 Å². The molecule has 0 radical (unpaired) electrons. The van der Waals surface area contributed by atoms with Crippen LogP contribution in [-0.4, -0.2) is 38.3 Å². The molecule has 1 aromatic carbocycles. The summed E-state index contributed by atoms with van der Waals surface area (Å²) in [6, 6.07) is 10.8. The van der Waals surface area contributed by atoms with E-state index in [1.165, 1.54) is 6.92 Å². The van der Waals surface area contributed by atoms with Gasteiger partial charge < -0.3 is 14.8 Å². The third kappa shape index (κ3) is 5.90. The van der Waals surface area contributed by atoms with Crippen LogP contribution in [-0.2, 0) is 9.59 Å². The topological polar surface area (TPSA) is 118 Å². The zero-order valence-corrected chi connectivity index (χ0v) is 14.3.